The van der Waals surface area contributed by atoms with E-state index in [4.69, 9.17) is 0 Å². The van der Waals surface area contributed by atoms with E-state index in [1.807, 2.05) is 0 Å². The van der Waals surface area contributed by atoms with Gasteiger partial charge in [-0.25, -0.2) is 0 Å². The Labute approximate surface area is 105 Å². The molecular formula is C15H24N2. The van der Waals surface area contributed by atoms with E-state index in [0.717, 1.165) is 6.54 Å². The van der Waals surface area contributed by atoms with Crippen LogP contribution in [0.15, 0.2) is 18.2 Å². The first-order valence-corrected chi connectivity index (χ1v) is 6.85. The van der Waals surface area contributed by atoms with Crippen molar-refractivity contribution in [3.8, 4) is 0 Å². The van der Waals surface area contributed by atoms with Crippen LogP contribution >= 0.6 is 0 Å². The molecule has 0 fully saturated rings. The van der Waals surface area contributed by atoms with Gasteiger partial charge < -0.3 is 10.6 Å². The van der Waals surface area contributed by atoms with Gasteiger partial charge in [0.2, 0.25) is 0 Å². The van der Waals surface area contributed by atoms with Crippen molar-refractivity contribution in [1.82, 2.24) is 0 Å². The van der Waals surface area contributed by atoms with Crippen molar-refractivity contribution in [3.63, 3.8) is 0 Å². The molecule has 0 aliphatic carbocycles. The van der Waals surface area contributed by atoms with Crippen LogP contribution in [-0.2, 0) is 0 Å². The molecule has 2 rings (SSSR count). The summed E-state index contributed by atoms with van der Waals surface area (Å²) in [7, 11) is 0. The molecule has 2 nitrogen and oxygen atoms in total. The summed E-state index contributed by atoms with van der Waals surface area (Å²) in [6.07, 6.45) is 3.70. The summed E-state index contributed by atoms with van der Waals surface area (Å²) >= 11 is 0. The second-order valence-electron chi connectivity index (χ2n) is 5.25. The minimum Gasteiger partial charge on any atom is -0.385 e. The fraction of sp³-hybridized carbons (Fsp3) is 0.600. The highest BCUT2D eigenvalue weighted by molar-refractivity contribution is 5.63. The molecule has 2 atom stereocenters. The maximum absolute atomic E-state index is 3.57. The van der Waals surface area contributed by atoms with Gasteiger partial charge in [0.05, 0.1) is 0 Å². The normalized spacial score (nSPS) is 20.3. The van der Waals surface area contributed by atoms with Gasteiger partial charge in [0, 0.05) is 24.0 Å². The van der Waals surface area contributed by atoms with Crippen molar-refractivity contribution >= 4 is 11.4 Å². The maximum Gasteiger partial charge on any atom is 0.0396 e. The Morgan fingerprint density at radius 2 is 2.29 bits per heavy atom. The van der Waals surface area contributed by atoms with Crippen LogP contribution in [0.3, 0.4) is 0 Å². The van der Waals surface area contributed by atoms with Crippen molar-refractivity contribution in [3.05, 3.63) is 23.8 Å². The number of fused-ring (bicyclic) bond motifs is 1. The van der Waals surface area contributed by atoms with E-state index in [1.165, 1.54) is 36.2 Å². The molecule has 1 heterocycles. The van der Waals surface area contributed by atoms with E-state index in [-0.39, 0.29) is 0 Å². The standard InChI is InChI=1S/C15H24N2/c1-4-5-12(3)17-13-6-7-14-11(2)8-9-16-15(14)10-13/h6-7,10-12,16-17H,4-5,8-9H2,1-3H3. The van der Waals surface area contributed by atoms with E-state index in [9.17, 15) is 0 Å². The van der Waals surface area contributed by atoms with Crippen LogP contribution < -0.4 is 10.6 Å². The van der Waals surface area contributed by atoms with Crippen LogP contribution in [0.5, 0.6) is 0 Å². The van der Waals surface area contributed by atoms with Crippen molar-refractivity contribution in [2.45, 2.75) is 52.0 Å². The molecule has 0 saturated heterocycles. The predicted molar refractivity (Wildman–Crippen MR) is 76.0 cm³/mol. The molecular weight excluding hydrogens is 208 g/mol. The summed E-state index contributed by atoms with van der Waals surface area (Å²) in [5, 5.41) is 7.07. The zero-order valence-corrected chi connectivity index (χ0v) is 11.2. The Kier molecular flexibility index (Phi) is 3.93. The highest BCUT2D eigenvalue weighted by Gasteiger charge is 2.16. The largest absolute Gasteiger partial charge is 0.385 e. The smallest absolute Gasteiger partial charge is 0.0396 e. The number of rotatable bonds is 4. The average Bonchev–Trinajstić information content (AvgIpc) is 2.29. The number of anilines is 2. The molecule has 0 amide bonds. The van der Waals surface area contributed by atoms with Gasteiger partial charge in [-0.2, -0.15) is 0 Å². The Bertz CT molecular complexity index is 373. The Morgan fingerprint density at radius 1 is 1.47 bits per heavy atom. The lowest BCUT2D eigenvalue weighted by Crippen LogP contribution is -2.17. The van der Waals surface area contributed by atoms with Crippen LogP contribution in [-0.4, -0.2) is 12.6 Å². The van der Waals surface area contributed by atoms with E-state index >= 15 is 0 Å². The monoisotopic (exact) mass is 232 g/mol. The first-order chi connectivity index (χ1) is 8.20. The van der Waals surface area contributed by atoms with Crippen molar-refractivity contribution in [1.29, 1.82) is 0 Å². The molecule has 17 heavy (non-hydrogen) atoms. The molecule has 1 aliphatic rings. The summed E-state index contributed by atoms with van der Waals surface area (Å²) in [5.41, 5.74) is 4.02. The summed E-state index contributed by atoms with van der Waals surface area (Å²) in [6.45, 7) is 7.89. The first-order valence-electron chi connectivity index (χ1n) is 6.85. The average molecular weight is 232 g/mol. The molecule has 2 heteroatoms. The highest BCUT2D eigenvalue weighted by Crippen LogP contribution is 2.33. The zero-order valence-electron chi connectivity index (χ0n) is 11.2. The lowest BCUT2D eigenvalue weighted by molar-refractivity contribution is 0.681. The van der Waals surface area contributed by atoms with E-state index < -0.39 is 0 Å². The topological polar surface area (TPSA) is 24.1 Å². The summed E-state index contributed by atoms with van der Waals surface area (Å²) in [5.74, 6) is 0.688. The number of hydrogen-bond donors (Lipinski definition) is 2. The SMILES string of the molecule is CCCC(C)Nc1ccc2c(c1)NCCC2C. The van der Waals surface area contributed by atoms with Gasteiger partial charge in [-0.05, 0) is 43.4 Å². The number of benzene rings is 1. The molecule has 94 valence electrons. The number of hydrogen-bond acceptors (Lipinski definition) is 2. The fourth-order valence-electron chi connectivity index (χ4n) is 2.60. The first kappa shape index (κ1) is 12.3. The quantitative estimate of drug-likeness (QED) is 0.812. The lowest BCUT2D eigenvalue weighted by Gasteiger charge is -2.25. The van der Waals surface area contributed by atoms with Crippen LogP contribution in [0.2, 0.25) is 0 Å². The molecule has 0 radical (unpaired) electrons. The van der Waals surface area contributed by atoms with Gasteiger partial charge in [-0.3, -0.25) is 0 Å². The van der Waals surface area contributed by atoms with Crippen molar-refractivity contribution < 1.29 is 0 Å². The fourth-order valence-corrected chi connectivity index (χ4v) is 2.60. The Balaban J connectivity index is 2.10. The minimum absolute atomic E-state index is 0.555. The zero-order chi connectivity index (χ0) is 12.3. The molecule has 2 unspecified atom stereocenters. The van der Waals surface area contributed by atoms with Crippen LogP contribution in [0, 0.1) is 0 Å². The highest BCUT2D eigenvalue weighted by atomic mass is 14.9. The summed E-state index contributed by atoms with van der Waals surface area (Å²) < 4.78 is 0. The third-order valence-electron chi connectivity index (χ3n) is 3.61. The molecule has 0 spiro atoms. The van der Waals surface area contributed by atoms with Crippen molar-refractivity contribution in [2.75, 3.05) is 17.2 Å². The third kappa shape index (κ3) is 2.93. The van der Waals surface area contributed by atoms with Gasteiger partial charge in [0.25, 0.3) is 0 Å². The molecule has 1 aliphatic heterocycles. The Hall–Kier alpha value is -1.18. The second-order valence-corrected chi connectivity index (χ2v) is 5.25. The molecule has 2 N–H and O–H groups in total. The molecule has 1 aromatic rings. The van der Waals surface area contributed by atoms with E-state index in [0.29, 0.717) is 12.0 Å². The van der Waals surface area contributed by atoms with Crippen LogP contribution in [0.1, 0.15) is 51.5 Å². The van der Waals surface area contributed by atoms with Gasteiger partial charge in [-0.15, -0.1) is 0 Å². The van der Waals surface area contributed by atoms with Crippen molar-refractivity contribution in [2.24, 2.45) is 0 Å². The molecule has 0 saturated carbocycles. The molecule has 0 bridgehead atoms. The summed E-state index contributed by atoms with van der Waals surface area (Å²) in [4.78, 5) is 0. The van der Waals surface area contributed by atoms with Gasteiger partial charge >= 0.3 is 0 Å². The third-order valence-corrected chi connectivity index (χ3v) is 3.61. The Morgan fingerprint density at radius 3 is 3.06 bits per heavy atom. The van der Waals surface area contributed by atoms with Gasteiger partial charge in [0.15, 0.2) is 0 Å². The predicted octanol–water partition coefficient (Wildman–Crippen LogP) is 4.21. The second kappa shape index (κ2) is 5.44. The van der Waals surface area contributed by atoms with Crippen LogP contribution in [0.4, 0.5) is 11.4 Å². The van der Waals surface area contributed by atoms with Gasteiger partial charge in [-0.1, -0.05) is 26.3 Å². The number of nitrogens with one attached hydrogen (secondary N) is 2. The van der Waals surface area contributed by atoms with E-state index in [2.05, 4.69) is 49.6 Å². The lowest BCUT2D eigenvalue weighted by atomic mass is 9.92. The molecule has 1 aromatic carbocycles. The van der Waals surface area contributed by atoms with E-state index in [1.54, 1.807) is 0 Å². The molecule has 0 aromatic heterocycles. The van der Waals surface area contributed by atoms with Gasteiger partial charge in [0.1, 0.15) is 0 Å². The summed E-state index contributed by atoms with van der Waals surface area (Å²) in [6, 6.07) is 7.30. The maximum atomic E-state index is 3.57. The minimum atomic E-state index is 0.555. The van der Waals surface area contributed by atoms with Crippen LogP contribution in [0.25, 0.3) is 0 Å².